The van der Waals surface area contributed by atoms with E-state index in [-0.39, 0.29) is 5.54 Å². The van der Waals surface area contributed by atoms with Crippen molar-refractivity contribution in [2.24, 2.45) is 5.73 Å². The van der Waals surface area contributed by atoms with Gasteiger partial charge in [0, 0.05) is 5.54 Å². The molecule has 0 saturated heterocycles. The molecule has 0 aromatic heterocycles. The Balaban J connectivity index is 2.79. The molecule has 1 aromatic carbocycles. The van der Waals surface area contributed by atoms with Gasteiger partial charge in [-0.2, -0.15) is 0 Å². The fraction of sp³-hybridized carbons (Fsp3) is 0.385. The number of benzene rings is 1. The lowest BCUT2D eigenvalue weighted by atomic mass is 9.96. The van der Waals surface area contributed by atoms with Crippen LogP contribution in [-0.2, 0) is 5.54 Å². The van der Waals surface area contributed by atoms with E-state index in [0.29, 0.717) is 6.61 Å². The molecule has 82 valence electrons. The molecule has 2 N–H and O–H groups in total. The molecule has 1 aromatic rings. The molecule has 0 saturated carbocycles. The maximum absolute atomic E-state index is 6.01. The summed E-state index contributed by atoms with van der Waals surface area (Å²) in [6.45, 7) is 10.2. The summed E-state index contributed by atoms with van der Waals surface area (Å²) in [5, 5.41) is 0. The summed E-state index contributed by atoms with van der Waals surface area (Å²) >= 11 is 0. The van der Waals surface area contributed by atoms with Crippen LogP contribution in [0, 0.1) is 0 Å². The molecule has 2 heteroatoms. The SMILES string of the molecule is C=C(C)COc1cccc(C(C)(C)N)c1. The molecule has 0 bridgehead atoms. The zero-order valence-corrected chi connectivity index (χ0v) is 9.71. The van der Waals surface area contributed by atoms with E-state index in [1.807, 2.05) is 45.0 Å². The van der Waals surface area contributed by atoms with E-state index >= 15 is 0 Å². The van der Waals surface area contributed by atoms with Crippen LogP contribution in [0.1, 0.15) is 26.3 Å². The first-order valence-electron chi connectivity index (χ1n) is 5.06. The molecule has 2 nitrogen and oxygen atoms in total. The number of ether oxygens (including phenoxy) is 1. The van der Waals surface area contributed by atoms with Gasteiger partial charge >= 0.3 is 0 Å². The average molecular weight is 205 g/mol. The highest BCUT2D eigenvalue weighted by Gasteiger charge is 2.14. The number of hydrogen-bond donors (Lipinski definition) is 1. The third-order valence-corrected chi connectivity index (χ3v) is 2.06. The van der Waals surface area contributed by atoms with Crippen LogP contribution in [0.2, 0.25) is 0 Å². The van der Waals surface area contributed by atoms with E-state index in [0.717, 1.165) is 16.9 Å². The Morgan fingerprint density at radius 1 is 1.47 bits per heavy atom. The van der Waals surface area contributed by atoms with Gasteiger partial charge in [-0.3, -0.25) is 0 Å². The van der Waals surface area contributed by atoms with Crippen LogP contribution in [0.5, 0.6) is 5.75 Å². The molecule has 0 radical (unpaired) electrons. The molecule has 0 aliphatic heterocycles. The summed E-state index contributed by atoms with van der Waals surface area (Å²) < 4.78 is 5.55. The van der Waals surface area contributed by atoms with Crippen LogP contribution in [0.3, 0.4) is 0 Å². The standard InChI is InChI=1S/C13H19NO/c1-10(2)9-15-12-7-5-6-11(8-12)13(3,4)14/h5-8H,1,9,14H2,2-4H3. The molecule has 0 amide bonds. The molecule has 0 spiro atoms. The van der Waals surface area contributed by atoms with Crippen LogP contribution in [-0.4, -0.2) is 6.61 Å². The van der Waals surface area contributed by atoms with E-state index in [9.17, 15) is 0 Å². The summed E-state index contributed by atoms with van der Waals surface area (Å²) in [7, 11) is 0. The number of rotatable bonds is 4. The van der Waals surface area contributed by atoms with Crippen molar-refractivity contribution >= 4 is 0 Å². The number of nitrogens with two attached hydrogens (primary N) is 1. The Morgan fingerprint density at radius 3 is 2.67 bits per heavy atom. The largest absolute Gasteiger partial charge is 0.489 e. The van der Waals surface area contributed by atoms with Gasteiger partial charge in [-0.15, -0.1) is 0 Å². The summed E-state index contributed by atoms with van der Waals surface area (Å²) in [4.78, 5) is 0. The third kappa shape index (κ3) is 3.76. The average Bonchev–Trinajstić information content (AvgIpc) is 2.14. The van der Waals surface area contributed by atoms with Crippen molar-refractivity contribution in [3.63, 3.8) is 0 Å². The quantitative estimate of drug-likeness (QED) is 0.767. The second-order valence-corrected chi connectivity index (χ2v) is 4.50. The predicted molar refractivity (Wildman–Crippen MR) is 64.0 cm³/mol. The first-order chi connectivity index (χ1) is 6.89. The molecular weight excluding hydrogens is 186 g/mol. The molecular formula is C13H19NO. The topological polar surface area (TPSA) is 35.2 Å². The molecule has 0 atom stereocenters. The van der Waals surface area contributed by atoms with Gasteiger partial charge in [0.05, 0.1) is 0 Å². The highest BCUT2D eigenvalue weighted by molar-refractivity contribution is 5.32. The van der Waals surface area contributed by atoms with E-state index in [1.165, 1.54) is 0 Å². The normalized spacial score (nSPS) is 11.2. The maximum atomic E-state index is 6.01. The van der Waals surface area contributed by atoms with Crippen LogP contribution in [0.4, 0.5) is 0 Å². The summed E-state index contributed by atoms with van der Waals surface area (Å²) in [5.74, 6) is 0.842. The zero-order valence-electron chi connectivity index (χ0n) is 9.71. The van der Waals surface area contributed by atoms with E-state index in [2.05, 4.69) is 6.58 Å². The van der Waals surface area contributed by atoms with Crippen LogP contribution >= 0.6 is 0 Å². The Bertz CT molecular complexity index is 350. The molecule has 0 heterocycles. The summed E-state index contributed by atoms with van der Waals surface area (Å²) in [6.07, 6.45) is 0. The smallest absolute Gasteiger partial charge is 0.120 e. The molecule has 0 unspecified atom stereocenters. The van der Waals surface area contributed by atoms with Crippen molar-refractivity contribution in [1.29, 1.82) is 0 Å². The maximum Gasteiger partial charge on any atom is 0.120 e. The Labute approximate surface area is 91.7 Å². The molecule has 15 heavy (non-hydrogen) atoms. The highest BCUT2D eigenvalue weighted by atomic mass is 16.5. The first-order valence-corrected chi connectivity index (χ1v) is 5.06. The Kier molecular flexibility index (Phi) is 3.53. The minimum atomic E-state index is -0.331. The van der Waals surface area contributed by atoms with Gasteiger partial charge in [0.1, 0.15) is 12.4 Å². The number of hydrogen-bond acceptors (Lipinski definition) is 2. The highest BCUT2D eigenvalue weighted by Crippen LogP contribution is 2.21. The lowest BCUT2D eigenvalue weighted by Gasteiger charge is -2.19. The monoisotopic (exact) mass is 205 g/mol. The van der Waals surface area contributed by atoms with Crippen molar-refractivity contribution in [1.82, 2.24) is 0 Å². The Hall–Kier alpha value is -1.28. The van der Waals surface area contributed by atoms with Gasteiger partial charge in [0.2, 0.25) is 0 Å². The first kappa shape index (κ1) is 11.8. The van der Waals surface area contributed by atoms with Crippen LogP contribution in [0.25, 0.3) is 0 Å². The van der Waals surface area contributed by atoms with Crippen molar-refractivity contribution in [2.75, 3.05) is 6.61 Å². The molecule has 1 rings (SSSR count). The fourth-order valence-corrected chi connectivity index (χ4v) is 1.19. The van der Waals surface area contributed by atoms with Crippen molar-refractivity contribution in [3.8, 4) is 5.75 Å². The van der Waals surface area contributed by atoms with Crippen LogP contribution in [0.15, 0.2) is 36.4 Å². The van der Waals surface area contributed by atoms with Crippen molar-refractivity contribution < 1.29 is 4.74 Å². The lowest BCUT2D eigenvalue weighted by Crippen LogP contribution is -2.28. The van der Waals surface area contributed by atoms with Gasteiger partial charge in [0.15, 0.2) is 0 Å². The van der Waals surface area contributed by atoms with Gasteiger partial charge in [-0.1, -0.05) is 18.7 Å². The van der Waals surface area contributed by atoms with Crippen LogP contribution < -0.4 is 10.5 Å². The molecule has 0 aliphatic rings. The van der Waals surface area contributed by atoms with Gasteiger partial charge in [0.25, 0.3) is 0 Å². The van der Waals surface area contributed by atoms with Crippen molar-refractivity contribution in [2.45, 2.75) is 26.3 Å². The summed E-state index contributed by atoms with van der Waals surface area (Å²) in [6, 6.07) is 7.87. The van der Waals surface area contributed by atoms with Gasteiger partial charge < -0.3 is 10.5 Å². The van der Waals surface area contributed by atoms with Gasteiger partial charge in [-0.05, 0) is 44.0 Å². The minimum Gasteiger partial charge on any atom is -0.489 e. The van der Waals surface area contributed by atoms with Gasteiger partial charge in [-0.25, -0.2) is 0 Å². The van der Waals surface area contributed by atoms with E-state index < -0.39 is 0 Å². The fourth-order valence-electron chi connectivity index (χ4n) is 1.19. The predicted octanol–water partition coefficient (Wildman–Crippen LogP) is 2.84. The van der Waals surface area contributed by atoms with E-state index in [4.69, 9.17) is 10.5 Å². The Morgan fingerprint density at radius 2 is 2.13 bits per heavy atom. The second-order valence-electron chi connectivity index (χ2n) is 4.50. The minimum absolute atomic E-state index is 0.331. The molecule has 0 fully saturated rings. The lowest BCUT2D eigenvalue weighted by molar-refractivity contribution is 0.351. The molecule has 0 aliphatic carbocycles. The van der Waals surface area contributed by atoms with Crippen molar-refractivity contribution in [3.05, 3.63) is 42.0 Å². The third-order valence-electron chi connectivity index (χ3n) is 2.06. The second kappa shape index (κ2) is 4.49. The zero-order chi connectivity index (χ0) is 11.5. The summed E-state index contributed by atoms with van der Waals surface area (Å²) in [5.41, 5.74) is 7.76. The van der Waals surface area contributed by atoms with E-state index in [1.54, 1.807) is 0 Å².